The van der Waals surface area contributed by atoms with Crippen LogP contribution in [0.3, 0.4) is 0 Å². The van der Waals surface area contributed by atoms with Crippen molar-refractivity contribution in [2.24, 2.45) is 0 Å². The van der Waals surface area contributed by atoms with Gasteiger partial charge < -0.3 is 14.8 Å². The minimum absolute atomic E-state index is 0.0846. The average Bonchev–Trinajstić information content (AvgIpc) is 3.07. The maximum Gasteiger partial charge on any atom is 0.264 e. The molecule has 0 saturated carbocycles. The highest BCUT2D eigenvalue weighted by molar-refractivity contribution is 6.25. The Morgan fingerprint density at radius 1 is 0.909 bits per heavy atom. The Labute approximate surface area is 191 Å². The van der Waals surface area contributed by atoms with Gasteiger partial charge in [0.05, 0.1) is 37.6 Å². The molecule has 0 aliphatic carbocycles. The van der Waals surface area contributed by atoms with E-state index in [0.717, 1.165) is 10.5 Å². The molecular weight excluding hydrogens is 426 g/mol. The normalized spacial score (nSPS) is 17.8. The molecule has 4 amide bonds. The third-order valence-electron chi connectivity index (χ3n) is 5.51. The number of nitrogens with zero attached hydrogens (tertiary/aromatic N) is 1. The lowest BCUT2D eigenvalue weighted by molar-refractivity contribution is -0.136. The second-order valence-corrected chi connectivity index (χ2v) is 7.75. The van der Waals surface area contributed by atoms with E-state index in [4.69, 9.17) is 9.47 Å². The van der Waals surface area contributed by atoms with Gasteiger partial charge >= 0.3 is 0 Å². The molecule has 9 heteroatoms. The van der Waals surface area contributed by atoms with Gasteiger partial charge in [-0.15, -0.1) is 0 Å². The molecular formula is C24H25N3O6. The second-order valence-electron chi connectivity index (χ2n) is 7.75. The van der Waals surface area contributed by atoms with E-state index in [1.165, 1.54) is 0 Å². The van der Waals surface area contributed by atoms with Crippen LogP contribution in [0, 0.1) is 0 Å². The molecule has 2 aromatic carbocycles. The lowest BCUT2D eigenvalue weighted by atomic mass is 10.0. The molecule has 33 heavy (non-hydrogen) atoms. The molecule has 2 aliphatic rings. The lowest BCUT2D eigenvalue weighted by Gasteiger charge is -2.27. The fraction of sp³-hybridized carbons (Fsp3) is 0.333. The summed E-state index contributed by atoms with van der Waals surface area (Å²) in [6, 6.07) is 13.8. The number of piperidine rings is 1. The molecule has 1 atom stereocenters. The molecule has 172 valence electrons. The molecule has 1 saturated heterocycles. The number of hydrogen-bond acceptors (Lipinski definition) is 7. The molecule has 0 radical (unpaired) electrons. The zero-order valence-electron chi connectivity index (χ0n) is 18.0. The van der Waals surface area contributed by atoms with Crippen LogP contribution >= 0.6 is 0 Å². The van der Waals surface area contributed by atoms with Gasteiger partial charge in [0.25, 0.3) is 11.8 Å². The van der Waals surface area contributed by atoms with Crippen LogP contribution in [0.2, 0.25) is 0 Å². The molecule has 2 aliphatic heterocycles. The minimum atomic E-state index is -0.984. The van der Waals surface area contributed by atoms with E-state index in [1.807, 2.05) is 30.3 Å². The van der Waals surface area contributed by atoms with Crippen LogP contribution < -0.4 is 10.6 Å². The first-order valence-corrected chi connectivity index (χ1v) is 10.8. The predicted molar refractivity (Wildman–Crippen MR) is 119 cm³/mol. The summed E-state index contributed by atoms with van der Waals surface area (Å²) in [6.07, 6.45) is 0.209. The summed E-state index contributed by atoms with van der Waals surface area (Å²) in [5, 5.41) is 5.33. The van der Waals surface area contributed by atoms with Crippen molar-refractivity contribution in [1.82, 2.24) is 10.2 Å². The Bertz CT molecular complexity index is 1060. The zero-order valence-corrected chi connectivity index (χ0v) is 18.0. The number of carbonyl (C=O) groups is 4. The van der Waals surface area contributed by atoms with Crippen molar-refractivity contribution < 1.29 is 28.7 Å². The van der Waals surface area contributed by atoms with Gasteiger partial charge in [0, 0.05) is 18.7 Å². The van der Waals surface area contributed by atoms with Crippen LogP contribution in [0.25, 0.3) is 0 Å². The largest absolute Gasteiger partial charge is 0.382 e. The molecule has 2 aromatic rings. The Balaban J connectivity index is 1.26. The number of ether oxygens (including phenoxy) is 2. The number of amides is 4. The highest BCUT2D eigenvalue weighted by Crippen LogP contribution is 2.32. The number of imide groups is 2. The van der Waals surface area contributed by atoms with Crippen LogP contribution in [-0.2, 0) is 25.7 Å². The fourth-order valence-corrected chi connectivity index (χ4v) is 3.90. The predicted octanol–water partition coefficient (Wildman–Crippen LogP) is 1.73. The van der Waals surface area contributed by atoms with Crippen molar-refractivity contribution >= 4 is 29.3 Å². The van der Waals surface area contributed by atoms with Crippen LogP contribution in [0.5, 0.6) is 0 Å². The number of fused-ring (bicyclic) bond motifs is 1. The Kier molecular flexibility index (Phi) is 7.11. The van der Waals surface area contributed by atoms with Crippen molar-refractivity contribution in [1.29, 1.82) is 0 Å². The maximum atomic E-state index is 13.0. The number of nitrogens with one attached hydrogen (secondary N) is 2. The van der Waals surface area contributed by atoms with E-state index < -0.39 is 29.7 Å². The quantitative estimate of drug-likeness (QED) is 0.418. The van der Waals surface area contributed by atoms with E-state index in [-0.39, 0.29) is 24.0 Å². The van der Waals surface area contributed by atoms with Crippen molar-refractivity contribution in [3.05, 3.63) is 65.2 Å². The smallest absolute Gasteiger partial charge is 0.264 e. The summed E-state index contributed by atoms with van der Waals surface area (Å²) in [5.74, 6) is -2.10. The van der Waals surface area contributed by atoms with Crippen LogP contribution in [-0.4, -0.2) is 60.9 Å². The summed E-state index contributed by atoms with van der Waals surface area (Å²) in [4.78, 5) is 50.4. The highest BCUT2D eigenvalue weighted by atomic mass is 16.5. The lowest BCUT2D eigenvalue weighted by Crippen LogP contribution is -2.54. The highest BCUT2D eigenvalue weighted by Gasteiger charge is 2.45. The molecule has 1 unspecified atom stereocenters. The summed E-state index contributed by atoms with van der Waals surface area (Å²) >= 11 is 0. The summed E-state index contributed by atoms with van der Waals surface area (Å²) in [7, 11) is 0. The first kappa shape index (κ1) is 22.6. The molecule has 0 aromatic heterocycles. The molecule has 1 fully saturated rings. The maximum absolute atomic E-state index is 13.0. The summed E-state index contributed by atoms with van der Waals surface area (Å²) in [5.41, 5.74) is 2.08. The van der Waals surface area contributed by atoms with Crippen molar-refractivity contribution in [2.75, 3.05) is 31.7 Å². The second kappa shape index (κ2) is 10.4. The topological polar surface area (TPSA) is 114 Å². The summed E-state index contributed by atoms with van der Waals surface area (Å²) < 4.78 is 11.1. The monoisotopic (exact) mass is 451 g/mol. The standard InChI is InChI=1S/C24H25N3O6/c28-20-10-9-19(22(29)26-20)27-23(30)17-7-4-8-18(21(17)24(27)31)25-11-12-32-13-14-33-15-16-5-2-1-3-6-16/h1-8,19,25H,9-15H2,(H,26,28,29). The van der Waals surface area contributed by atoms with E-state index >= 15 is 0 Å². The van der Waals surface area contributed by atoms with Gasteiger partial charge in [0.15, 0.2) is 0 Å². The molecule has 2 N–H and O–H groups in total. The van der Waals surface area contributed by atoms with Crippen molar-refractivity contribution in [3.8, 4) is 0 Å². The van der Waals surface area contributed by atoms with Gasteiger partial charge in [-0.3, -0.25) is 29.4 Å². The van der Waals surface area contributed by atoms with Gasteiger partial charge in [-0.1, -0.05) is 36.4 Å². The van der Waals surface area contributed by atoms with E-state index in [9.17, 15) is 19.2 Å². The van der Waals surface area contributed by atoms with Gasteiger partial charge in [-0.2, -0.15) is 0 Å². The third-order valence-corrected chi connectivity index (χ3v) is 5.51. The van der Waals surface area contributed by atoms with Crippen LogP contribution in [0.4, 0.5) is 5.69 Å². The molecule has 9 nitrogen and oxygen atoms in total. The third kappa shape index (κ3) is 5.10. The Morgan fingerprint density at radius 3 is 2.48 bits per heavy atom. The minimum Gasteiger partial charge on any atom is -0.382 e. The van der Waals surface area contributed by atoms with Gasteiger partial charge in [0.2, 0.25) is 11.8 Å². The Morgan fingerprint density at radius 2 is 1.70 bits per heavy atom. The van der Waals surface area contributed by atoms with Crippen LogP contribution in [0.15, 0.2) is 48.5 Å². The first-order valence-electron chi connectivity index (χ1n) is 10.8. The number of anilines is 1. The number of carbonyl (C=O) groups excluding carboxylic acids is 4. The van der Waals surface area contributed by atoms with E-state index in [0.29, 0.717) is 38.7 Å². The first-order chi connectivity index (χ1) is 16.1. The number of benzene rings is 2. The van der Waals surface area contributed by atoms with Gasteiger partial charge in [-0.05, 0) is 24.1 Å². The van der Waals surface area contributed by atoms with Gasteiger partial charge in [-0.25, -0.2) is 0 Å². The van der Waals surface area contributed by atoms with E-state index in [2.05, 4.69) is 10.6 Å². The molecule has 0 spiro atoms. The average molecular weight is 451 g/mol. The SMILES string of the molecule is O=C1CCC(N2C(=O)c3cccc(NCCOCCOCc4ccccc4)c3C2=O)C(=O)N1. The van der Waals surface area contributed by atoms with Crippen molar-refractivity contribution in [2.45, 2.75) is 25.5 Å². The van der Waals surface area contributed by atoms with Crippen LogP contribution in [0.1, 0.15) is 39.1 Å². The number of rotatable bonds is 10. The molecule has 0 bridgehead atoms. The molecule has 4 rings (SSSR count). The van der Waals surface area contributed by atoms with Gasteiger partial charge in [0.1, 0.15) is 6.04 Å². The van der Waals surface area contributed by atoms with E-state index in [1.54, 1.807) is 18.2 Å². The zero-order chi connectivity index (χ0) is 23.2. The fourth-order valence-electron chi connectivity index (χ4n) is 3.90. The number of hydrogen-bond donors (Lipinski definition) is 2. The Hall–Kier alpha value is -3.56. The van der Waals surface area contributed by atoms with Crippen molar-refractivity contribution in [3.63, 3.8) is 0 Å². The molecule has 2 heterocycles. The summed E-state index contributed by atoms with van der Waals surface area (Å²) in [6.45, 7) is 2.23.